The van der Waals surface area contributed by atoms with Crippen LogP contribution >= 0.6 is 11.6 Å². The van der Waals surface area contributed by atoms with E-state index >= 15 is 0 Å². The maximum absolute atomic E-state index is 10.2. The smallest absolute Gasteiger partial charge is 0.235 e. The zero-order valence-corrected chi connectivity index (χ0v) is 9.04. The first kappa shape index (κ1) is 11.6. The molecule has 15 heavy (non-hydrogen) atoms. The second-order valence-electron chi connectivity index (χ2n) is 3.58. The van der Waals surface area contributed by atoms with Gasteiger partial charge in [0.05, 0.1) is 10.6 Å². The molecule has 0 saturated carbocycles. The first-order valence-electron chi connectivity index (χ1n) is 4.19. The van der Waals surface area contributed by atoms with E-state index in [2.05, 4.69) is 4.99 Å². The third-order valence-corrected chi connectivity index (χ3v) is 2.36. The number of hydrogen-bond acceptors (Lipinski definition) is 4. The summed E-state index contributed by atoms with van der Waals surface area (Å²) in [6.07, 6.45) is 1.44. The second kappa shape index (κ2) is 3.93. The molecule has 1 aromatic rings. The van der Waals surface area contributed by atoms with Crippen molar-refractivity contribution in [1.29, 1.82) is 0 Å². The molecule has 0 atom stereocenters. The Morgan fingerprint density at radius 2 is 1.87 bits per heavy atom. The highest BCUT2D eigenvalue weighted by Crippen LogP contribution is 2.37. The summed E-state index contributed by atoms with van der Waals surface area (Å²) in [6.45, 7) is 3.30. The number of carbonyl (C=O) groups excluding carboxylic acids is 1. The van der Waals surface area contributed by atoms with Crippen LogP contribution < -0.4 is 0 Å². The average Bonchev–Trinajstić information content (AvgIpc) is 2.11. The molecule has 0 bridgehead atoms. The molecule has 0 aliphatic carbocycles. The van der Waals surface area contributed by atoms with Crippen LogP contribution in [-0.4, -0.2) is 16.3 Å². The van der Waals surface area contributed by atoms with E-state index in [1.54, 1.807) is 13.8 Å². The van der Waals surface area contributed by atoms with Crippen LogP contribution in [0, 0.1) is 0 Å². The molecule has 0 aromatic heterocycles. The quantitative estimate of drug-likeness (QED) is 0.463. The highest BCUT2D eigenvalue weighted by molar-refractivity contribution is 6.31. The highest BCUT2D eigenvalue weighted by Gasteiger charge is 2.24. The Morgan fingerprint density at radius 3 is 2.40 bits per heavy atom. The zero-order chi connectivity index (χ0) is 11.6. The number of aliphatic imine (C=N–C) groups is 1. The monoisotopic (exact) mass is 227 g/mol. The largest absolute Gasteiger partial charge is 0.504 e. The molecular weight excluding hydrogens is 218 g/mol. The van der Waals surface area contributed by atoms with Gasteiger partial charge >= 0.3 is 0 Å². The third kappa shape index (κ3) is 2.29. The van der Waals surface area contributed by atoms with Gasteiger partial charge in [-0.2, -0.15) is 4.99 Å². The van der Waals surface area contributed by atoms with Crippen LogP contribution in [0.5, 0.6) is 11.5 Å². The van der Waals surface area contributed by atoms with E-state index < -0.39 is 5.54 Å². The van der Waals surface area contributed by atoms with Crippen LogP contribution in [-0.2, 0) is 10.3 Å². The molecule has 0 saturated heterocycles. The topological polar surface area (TPSA) is 69.9 Å². The molecule has 1 aromatic carbocycles. The Morgan fingerprint density at radius 1 is 1.33 bits per heavy atom. The van der Waals surface area contributed by atoms with Gasteiger partial charge in [-0.1, -0.05) is 11.6 Å². The minimum Gasteiger partial charge on any atom is -0.504 e. The normalized spacial score (nSPS) is 10.9. The molecule has 0 heterocycles. The van der Waals surface area contributed by atoms with Gasteiger partial charge in [0.15, 0.2) is 11.5 Å². The molecule has 0 radical (unpaired) electrons. The molecule has 0 aliphatic heterocycles. The van der Waals surface area contributed by atoms with Crippen molar-refractivity contribution in [2.75, 3.05) is 0 Å². The SMILES string of the molecule is CC(C)(N=C=O)c1cc(O)c(O)cc1Cl. The van der Waals surface area contributed by atoms with Crippen LogP contribution in [0.3, 0.4) is 0 Å². The first-order chi connectivity index (χ1) is 6.88. The van der Waals surface area contributed by atoms with Gasteiger partial charge in [0.25, 0.3) is 0 Å². The van der Waals surface area contributed by atoms with Gasteiger partial charge in [-0.25, -0.2) is 4.79 Å². The summed E-state index contributed by atoms with van der Waals surface area (Å²) in [4.78, 5) is 13.8. The number of phenolic OH excluding ortho intramolecular Hbond substituents is 2. The van der Waals surface area contributed by atoms with Crippen molar-refractivity contribution in [3.05, 3.63) is 22.7 Å². The Hall–Kier alpha value is -1.51. The van der Waals surface area contributed by atoms with Gasteiger partial charge < -0.3 is 10.2 Å². The van der Waals surface area contributed by atoms with E-state index in [0.29, 0.717) is 5.56 Å². The Balaban J connectivity index is 3.38. The van der Waals surface area contributed by atoms with Crippen molar-refractivity contribution in [1.82, 2.24) is 0 Å². The van der Waals surface area contributed by atoms with Gasteiger partial charge in [-0.3, -0.25) is 0 Å². The molecule has 80 valence electrons. The lowest BCUT2D eigenvalue weighted by Crippen LogP contribution is -2.13. The fourth-order valence-electron chi connectivity index (χ4n) is 1.19. The van der Waals surface area contributed by atoms with E-state index in [0.717, 1.165) is 0 Å². The lowest BCUT2D eigenvalue weighted by molar-refractivity contribution is 0.401. The minimum atomic E-state index is -0.885. The van der Waals surface area contributed by atoms with E-state index in [9.17, 15) is 15.0 Å². The van der Waals surface area contributed by atoms with Crippen molar-refractivity contribution >= 4 is 17.7 Å². The molecule has 0 spiro atoms. The summed E-state index contributed by atoms with van der Waals surface area (Å²) in [5.74, 6) is -0.613. The van der Waals surface area contributed by atoms with Crippen molar-refractivity contribution < 1.29 is 15.0 Å². The average molecular weight is 228 g/mol. The summed E-state index contributed by atoms with van der Waals surface area (Å²) in [5, 5.41) is 18.7. The third-order valence-electron chi connectivity index (χ3n) is 2.05. The molecule has 5 heteroatoms. The summed E-state index contributed by atoms with van der Waals surface area (Å²) in [7, 11) is 0. The van der Waals surface area contributed by atoms with Crippen LogP contribution in [0.15, 0.2) is 17.1 Å². The van der Waals surface area contributed by atoms with Gasteiger partial charge in [0.1, 0.15) is 0 Å². The van der Waals surface area contributed by atoms with E-state index in [-0.39, 0.29) is 16.5 Å². The van der Waals surface area contributed by atoms with Crippen LogP contribution in [0.2, 0.25) is 5.02 Å². The molecule has 1 rings (SSSR count). The molecule has 0 fully saturated rings. The molecule has 0 aliphatic rings. The molecule has 4 nitrogen and oxygen atoms in total. The van der Waals surface area contributed by atoms with Gasteiger partial charge in [-0.05, 0) is 19.9 Å². The van der Waals surface area contributed by atoms with Crippen molar-refractivity contribution in [2.45, 2.75) is 19.4 Å². The first-order valence-corrected chi connectivity index (χ1v) is 4.57. The lowest BCUT2D eigenvalue weighted by atomic mass is 9.95. The number of nitrogens with zero attached hydrogens (tertiary/aromatic N) is 1. The van der Waals surface area contributed by atoms with E-state index in [1.807, 2.05) is 0 Å². The predicted molar refractivity (Wildman–Crippen MR) is 55.9 cm³/mol. The highest BCUT2D eigenvalue weighted by atomic mass is 35.5. The molecule has 2 N–H and O–H groups in total. The number of benzene rings is 1. The fraction of sp³-hybridized carbons (Fsp3) is 0.300. The lowest BCUT2D eigenvalue weighted by Gasteiger charge is -2.19. The van der Waals surface area contributed by atoms with Gasteiger partial charge in [0, 0.05) is 11.6 Å². The number of hydrogen-bond donors (Lipinski definition) is 2. The Labute approximate surface area is 91.8 Å². The van der Waals surface area contributed by atoms with Gasteiger partial charge in [0.2, 0.25) is 6.08 Å². The van der Waals surface area contributed by atoms with Crippen molar-refractivity contribution in [2.24, 2.45) is 4.99 Å². The molecule has 0 amide bonds. The summed E-state index contributed by atoms with van der Waals surface area (Å²) in [6, 6.07) is 2.48. The van der Waals surface area contributed by atoms with Crippen LogP contribution in [0.4, 0.5) is 0 Å². The maximum Gasteiger partial charge on any atom is 0.235 e. The van der Waals surface area contributed by atoms with Crippen LogP contribution in [0.1, 0.15) is 19.4 Å². The number of isocyanates is 1. The number of phenols is 2. The molecule has 0 unspecified atom stereocenters. The van der Waals surface area contributed by atoms with E-state index in [4.69, 9.17) is 11.6 Å². The van der Waals surface area contributed by atoms with Crippen molar-refractivity contribution in [3.63, 3.8) is 0 Å². The molecular formula is C10H10ClNO3. The fourth-order valence-corrected chi connectivity index (χ4v) is 1.58. The summed E-state index contributed by atoms with van der Waals surface area (Å²) in [5.41, 5.74) is -0.438. The van der Waals surface area contributed by atoms with Crippen molar-refractivity contribution in [3.8, 4) is 11.5 Å². The predicted octanol–water partition coefficient (Wildman–Crippen LogP) is 2.32. The standard InChI is InChI=1S/C10H10ClNO3/c1-10(2,12-5-13)6-3-8(14)9(15)4-7(6)11/h3-4,14-15H,1-2H3. The number of rotatable bonds is 2. The minimum absolute atomic E-state index is 0.231. The maximum atomic E-state index is 10.2. The van der Waals surface area contributed by atoms with Gasteiger partial charge in [-0.15, -0.1) is 0 Å². The van der Waals surface area contributed by atoms with Crippen LogP contribution in [0.25, 0.3) is 0 Å². The second-order valence-corrected chi connectivity index (χ2v) is 3.99. The summed E-state index contributed by atoms with van der Waals surface area (Å²) < 4.78 is 0. The number of aromatic hydroxyl groups is 2. The summed E-state index contributed by atoms with van der Waals surface area (Å²) >= 11 is 5.86. The Bertz CT molecular complexity index is 437. The Kier molecular flexibility index (Phi) is 3.03. The zero-order valence-electron chi connectivity index (χ0n) is 8.28. The number of halogens is 1. The van der Waals surface area contributed by atoms with E-state index in [1.165, 1.54) is 18.2 Å².